The van der Waals surface area contributed by atoms with Gasteiger partial charge in [0.2, 0.25) is 5.91 Å². The minimum absolute atomic E-state index is 0.0959. The first-order valence-electron chi connectivity index (χ1n) is 6.69. The van der Waals surface area contributed by atoms with Crippen molar-refractivity contribution < 1.29 is 14.3 Å². The maximum absolute atomic E-state index is 12.1. The van der Waals surface area contributed by atoms with Crippen LogP contribution in [0.4, 0.5) is 0 Å². The summed E-state index contributed by atoms with van der Waals surface area (Å²) in [7, 11) is 3.31. The average molecular weight is 258 g/mol. The SMILES string of the molecule is COCCN(C(=O)CCNC1CC1)C(C)COC. The number of amides is 1. The second-order valence-corrected chi connectivity index (χ2v) is 4.86. The summed E-state index contributed by atoms with van der Waals surface area (Å²) in [6, 6.07) is 0.750. The molecule has 0 aromatic heterocycles. The van der Waals surface area contributed by atoms with E-state index in [0.717, 1.165) is 6.54 Å². The van der Waals surface area contributed by atoms with Crippen molar-refractivity contribution in [3.8, 4) is 0 Å². The van der Waals surface area contributed by atoms with Crippen molar-refractivity contribution >= 4 is 5.91 Å². The Balaban J connectivity index is 2.32. The number of carbonyl (C=O) groups excluding carboxylic acids is 1. The fraction of sp³-hybridized carbons (Fsp3) is 0.923. The number of rotatable bonds is 10. The zero-order chi connectivity index (χ0) is 13.4. The van der Waals surface area contributed by atoms with E-state index >= 15 is 0 Å². The fourth-order valence-corrected chi connectivity index (χ4v) is 1.93. The Kier molecular flexibility index (Phi) is 7.23. The number of ether oxygens (including phenoxy) is 2. The lowest BCUT2D eigenvalue weighted by Crippen LogP contribution is -2.43. The Morgan fingerprint density at radius 1 is 1.39 bits per heavy atom. The van der Waals surface area contributed by atoms with Crippen molar-refractivity contribution in [3.05, 3.63) is 0 Å². The molecule has 0 aromatic rings. The highest BCUT2D eigenvalue weighted by Crippen LogP contribution is 2.18. The molecule has 0 heterocycles. The third-order valence-electron chi connectivity index (χ3n) is 3.15. The van der Waals surface area contributed by atoms with Crippen LogP contribution in [0.25, 0.3) is 0 Å². The van der Waals surface area contributed by atoms with E-state index in [2.05, 4.69) is 5.32 Å². The lowest BCUT2D eigenvalue weighted by atomic mass is 10.2. The number of nitrogens with one attached hydrogen (secondary N) is 1. The van der Waals surface area contributed by atoms with Gasteiger partial charge in [0, 0.05) is 39.8 Å². The normalized spacial score (nSPS) is 16.6. The van der Waals surface area contributed by atoms with Gasteiger partial charge < -0.3 is 19.7 Å². The number of hydrogen-bond donors (Lipinski definition) is 1. The smallest absolute Gasteiger partial charge is 0.224 e. The first-order valence-corrected chi connectivity index (χ1v) is 6.69. The van der Waals surface area contributed by atoms with Gasteiger partial charge in [-0.3, -0.25) is 4.79 Å². The number of methoxy groups -OCH3 is 2. The Morgan fingerprint density at radius 2 is 2.11 bits per heavy atom. The highest BCUT2D eigenvalue weighted by Gasteiger charge is 2.22. The predicted octanol–water partition coefficient (Wildman–Crippen LogP) is 0.638. The van der Waals surface area contributed by atoms with Crippen LogP contribution in [0.1, 0.15) is 26.2 Å². The van der Waals surface area contributed by atoms with Gasteiger partial charge in [0.1, 0.15) is 0 Å². The minimum atomic E-state index is 0.0959. The van der Waals surface area contributed by atoms with Crippen molar-refractivity contribution in [2.75, 3.05) is 40.5 Å². The quantitative estimate of drug-likeness (QED) is 0.625. The van der Waals surface area contributed by atoms with Gasteiger partial charge in [-0.1, -0.05) is 0 Å². The molecular weight excluding hydrogens is 232 g/mol. The topological polar surface area (TPSA) is 50.8 Å². The Hall–Kier alpha value is -0.650. The molecule has 5 heteroatoms. The van der Waals surface area contributed by atoms with Crippen molar-refractivity contribution in [1.82, 2.24) is 10.2 Å². The van der Waals surface area contributed by atoms with Crippen LogP contribution in [-0.2, 0) is 14.3 Å². The van der Waals surface area contributed by atoms with Gasteiger partial charge in [-0.2, -0.15) is 0 Å². The summed E-state index contributed by atoms with van der Waals surface area (Å²) >= 11 is 0. The van der Waals surface area contributed by atoms with E-state index in [0.29, 0.717) is 32.2 Å². The Morgan fingerprint density at radius 3 is 2.67 bits per heavy atom. The molecule has 18 heavy (non-hydrogen) atoms. The van der Waals surface area contributed by atoms with E-state index in [1.807, 2.05) is 11.8 Å². The first kappa shape index (κ1) is 15.4. The monoisotopic (exact) mass is 258 g/mol. The third kappa shape index (κ3) is 5.80. The maximum Gasteiger partial charge on any atom is 0.224 e. The first-order chi connectivity index (χ1) is 8.69. The molecule has 0 spiro atoms. The fourth-order valence-electron chi connectivity index (χ4n) is 1.93. The van der Waals surface area contributed by atoms with E-state index < -0.39 is 0 Å². The van der Waals surface area contributed by atoms with Crippen molar-refractivity contribution in [2.45, 2.75) is 38.3 Å². The molecule has 0 radical (unpaired) electrons. The third-order valence-corrected chi connectivity index (χ3v) is 3.15. The molecule has 0 aromatic carbocycles. The molecule has 1 N–H and O–H groups in total. The van der Waals surface area contributed by atoms with E-state index in [1.165, 1.54) is 12.8 Å². The van der Waals surface area contributed by atoms with E-state index in [9.17, 15) is 4.79 Å². The van der Waals surface area contributed by atoms with Crippen LogP contribution >= 0.6 is 0 Å². The number of carbonyl (C=O) groups is 1. The Labute approximate surface area is 110 Å². The summed E-state index contributed by atoms with van der Waals surface area (Å²) in [6.45, 7) is 4.53. The van der Waals surface area contributed by atoms with Gasteiger partial charge in [0.15, 0.2) is 0 Å². The summed E-state index contributed by atoms with van der Waals surface area (Å²) < 4.78 is 10.2. The average Bonchev–Trinajstić information content (AvgIpc) is 3.14. The van der Waals surface area contributed by atoms with Crippen LogP contribution in [0.3, 0.4) is 0 Å². The van der Waals surface area contributed by atoms with Gasteiger partial charge in [-0.15, -0.1) is 0 Å². The molecule has 5 nitrogen and oxygen atoms in total. The summed E-state index contributed by atoms with van der Waals surface area (Å²) in [5, 5.41) is 3.36. The second-order valence-electron chi connectivity index (χ2n) is 4.86. The van der Waals surface area contributed by atoms with Gasteiger partial charge in [-0.05, 0) is 19.8 Å². The molecule has 1 fully saturated rings. The Bertz CT molecular complexity index is 244. The molecule has 0 bridgehead atoms. The van der Waals surface area contributed by atoms with E-state index in [1.54, 1.807) is 14.2 Å². The summed E-state index contributed by atoms with van der Waals surface area (Å²) in [6.07, 6.45) is 3.05. The molecule has 1 saturated carbocycles. The summed E-state index contributed by atoms with van der Waals surface area (Å²) in [5.74, 6) is 0.171. The molecule has 1 atom stereocenters. The summed E-state index contributed by atoms with van der Waals surface area (Å²) in [4.78, 5) is 14.0. The van der Waals surface area contributed by atoms with Gasteiger partial charge in [0.25, 0.3) is 0 Å². The van der Waals surface area contributed by atoms with Gasteiger partial charge in [-0.25, -0.2) is 0 Å². The molecule has 1 amide bonds. The minimum Gasteiger partial charge on any atom is -0.383 e. The standard InChI is InChI=1S/C13H26N2O3/c1-11(10-18-3)15(8-9-17-2)13(16)6-7-14-12-4-5-12/h11-12,14H,4-10H2,1-3H3. The van der Waals surface area contributed by atoms with Crippen molar-refractivity contribution in [1.29, 1.82) is 0 Å². The predicted molar refractivity (Wildman–Crippen MR) is 70.6 cm³/mol. The molecule has 106 valence electrons. The lowest BCUT2D eigenvalue weighted by molar-refractivity contribution is -0.134. The number of nitrogens with zero attached hydrogens (tertiary/aromatic N) is 1. The van der Waals surface area contributed by atoms with Crippen molar-refractivity contribution in [2.24, 2.45) is 0 Å². The van der Waals surface area contributed by atoms with Crippen LogP contribution in [0.2, 0.25) is 0 Å². The molecule has 1 unspecified atom stereocenters. The van der Waals surface area contributed by atoms with Crippen LogP contribution < -0.4 is 5.32 Å². The van der Waals surface area contributed by atoms with E-state index in [-0.39, 0.29) is 11.9 Å². The molecule has 1 aliphatic carbocycles. The van der Waals surface area contributed by atoms with Crippen molar-refractivity contribution in [3.63, 3.8) is 0 Å². The highest BCUT2D eigenvalue weighted by molar-refractivity contribution is 5.76. The van der Waals surface area contributed by atoms with Crippen LogP contribution in [0.5, 0.6) is 0 Å². The highest BCUT2D eigenvalue weighted by atomic mass is 16.5. The molecule has 1 aliphatic rings. The zero-order valence-electron chi connectivity index (χ0n) is 11.8. The van der Waals surface area contributed by atoms with Crippen LogP contribution in [-0.4, -0.2) is 63.4 Å². The molecular formula is C13H26N2O3. The maximum atomic E-state index is 12.1. The largest absolute Gasteiger partial charge is 0.383 e. The molecule has 0 saturated heterocycles. The molecule has 0 aliphatic heterocycles. The van der Waals surface area contributed by atoms with Crippen LogP contribution in [0.15, 0.2) is 0 Å². The zero-order valence-corrected chi connectivity index (χ0v) is 11.8. The summed E-state index contributed by atoms with van der Waals surface area (Å²) in [5.41, 5.74) is 0. The van der Waals surface area contributed by atoms with Gasteiger partial charge in [0.05, 0.1) is 19.3 Å². The van der Waals surface area contributed by atoms with Gasteiger partial charge >= 0.3 is 0 Å². The number of hydrogen-bond acceptors (Lipinski definition) is 4. The lowest BCUT2D eigenvalue weighted by Gasteiger charge is -2.28. The van der Waals surface area contributed by atoms with Crippen LogP contribution in [0, 0.1) is 0 Å². The molecule has 1 rings (SSSR count). The van der Waals surface area contributed by atoms with E-state index in [4.69, 9.17) is 9.47 Å². The second kappa shape index (κ2) is 8.45.